The fraction of sp³-hybridized carbons (Fsp3) is 0.750. The number of carbonyl (C=O) groups excluding carboxylic acids is 1. The Labute approximate surface area is 55.0 Å². The van der Waals surface area contributed by atoms with E-state index in [0.717, 1.165) is 6.29 Å². The molecule has 0 saturated heterocycles. The van der Waals surface area contributed by atoms with Gasteiger partial charge in [0.1, 0.15) is 6.29 Å². The SMILES string of the molecule is O=CCCCO[SH](=O)=O. The minimum atomic E-state index is -2.73. The molecular weight excluding hydrogens is 144 g/mol. The smallest absolute Gasteiger partial charge is 0.257 e. The molecule has 0 amide bonds. The summed E-state index contributed by atoms with van der Waals surface area (Å²) in [6.07, 6.45) is 1.54. The van der Waals surface area contributed by atoms with Gasteiger partial charge in [-0.1, -0.05) is 0 Å². The van der Waals surface area contributed by atoms with Crippen LogP contribution in [-0.2, 0) is 20.0 Å². The summed E-state index contributed by atoms with van der Waals surface area (Å²) in [5.74, 6) is 0. The number of unbranched alkanes of at least 4 members (excludes halogenated alkanes) is 1. The zero-order valence-electron chi connectivity index (χ0n) is 4.78. The van der Waals surface area contributed by atoms with E-state index >= 15 is 0 Å². The van der Waals surface area contributed by atoms with Crippen LogP contribution < -0.4 is 0 Å². The van der Waals surface area contributed by atoms with Crippen LogP contribution in [0.2, 0.25) is 0 Å². The molecule has 0 saturated carbocycles. The summed E-state index contributed by atoms with van der Waals surface area (Å²) in [7, 11) is -2.73. The third-order valence-electron chi connectivity index (χ3n) is 0.663. The van der Waals surface area contributed by atoms with Crippen molar-refractivity contribution in [3.63, 3.8) is 0 Å². The minimum absolute atomic E-state index is 0.109. The van der Waals surface area contributed by atoms with Gasteiger partial charge in [0, 0.05) is 6.42 Å². The van der Waals surface area contributed by atoms with Gasteiger partial charge in [0.05, 0.1) is 6.61 Å². The second-order valence-corrected chi connectivity index (χ2v) is 2.07. The van der Waals surface area contributed by atoms with Gasteiger partial charge >= 0.3 is 0 Å². The molecule has 0 aliphatic rings. The highest BCUT2D eigenvalue weighted by Gasteiger charge is 1.86. The van der Waals surface area contributed by atoms with Gasteiger partial charge in [0.15, 0.2) is 0 Å². The maximum absolute atomic E-state index is 9.69. The molecule has 0 rings (SSSR count). The van der Waals surface area contributed by atoms with Crippen LogP contribution in [0, 0.1) is 0 Å². The van der Waals surface area contributed by atoms with Gasteiger partial charge in [0.2, 0.25) is 0 Å². The monoisotopic (exact) mass is 152 g/mol. The van der Waals surface area contributed by atoms with Crippen molar-refractivity contribution < 1.29 is 17.4 Å². The Bertz CT molecular complexity index is 132. The summed E-state index contributed by atoms with van der Waals surface area (Å²) in [6.45, 7) is 0.109. The Kier molecular flexibility index (Phi) is 5.45. The summed E-state index contributed by atoms with van der Waals surface area (Å²) < 4.78 is 23.5. The minimum Gasteiger partial charge on any atom is -0.303 e. The predicted octanol–water partition coefficient (Wildman–Crippen LogP) is -0.491. The molecule has 0 aromatic rings. The van der Waals surface area contributed by atoms with E-state index in [9.17, 15) is 13.2 Å². The molecule has 0 bridgehead atoms. The van der Waals surface area contributed by atoms with Crippen LogP contribution >= 0.6 is 0 Å². The normalized spacial score (nSPS) is 9.89. The molecule has 0 fully saturated rings. The average Bonchev–Trinajstić information content (AvgIpc) is 1.80. The third kappa shape index (κ3) is 7.58. The van der Waals surface area contributed by atoms with E-state index in [1.54, 1.807) is 0 Å². The molecule has 5 heteroatoms. The molecule has 4 nitrogen and oxygen atoms in total. The van der Waals surface area contributed by atoms with Crippen molar-refractivity contribution in [3.05, 3.63) is 0 Å². The van der Waals surface area contributed by atoms with Gasteiger partial charge in [-0.25, -0.2) is 8.42 Å². The number of carbonyl (C=O) groups is 1. The number of rotatable bonds is 5. The number of hydrogen-bond acceptors (Lipinski definition) is 4. The second kappa shape index (κ2) is 5.71. The first-order valence-electron chi connectivity index (χ1n) is 2.48. The lowest BCUT2D eigenvalue weighted by molar-refractivity contribution is -0.108. The molecule has 0 aromatic carbocycles. The largest absolute Gasteiger partial charge is 0.303 e. The second-order valence-electron chi connectivity index (χ2n) is 1.37. The van der Waals surface area contributed by atoms with Gasteiger partial charge in [-0.3, -0.25) is 4.18 Å². The molecule has 0 N–H and O–H groups in total. The fourth-order valence-corrected chi connectivity index (χ4v) is 0.584. The Morgan fingerprint density at radius 2 is 2.11 bits per heavy atom. The number of hydrogen-bond donors (Lipinski definition) is 1. The van der Waals surface area contributed by atoms with Crippen molar-refractivity contribution in [3.8, 4) is 0 Å². The van der Waals surface area contributed by atoms with Crippen LogP contribution in [-0.4, -0.2) is 21.3 Å². The molecule has 0 radical (unpaired) electrons. The van der Waals surface area contributed by atoms with Crippen molar-refractivity contribution in [2.45, 2.75) is 12.8 Å². The van der Waals surface area contributed by atoms with Crippen molar-refractivity contribution in [1.82, 2.24) is 0 Å². The predicted molar refractivity (Wildman–Crippen MR) is 31.6 cm³/mol. The Morgan fingerprint density at radius 1 is 1.44 bits per heavy atom. The first kappa shape index (κ1) is 8.58. The van der Waals surface area contributed by atoms with E-state index in [2.05, 4.69) is 4.18 Å². The zero-order chi connectivity index (χ0) is 7.11. The van der Waals surface area contributed by atoms with Crippen molar-refractivity contribution in [2.24, 2.45) is 0 Å². The van der Waals surface area contributed by atoms with E-state index in [-0.39, 0.29) is 6.61 Å². The lowest BCUT2D eigenvalue weighted by Crippen LogP contribution is -1.91. The Balaban J connectivity index is 3.00. The fourth-order valence-electron chi connectivity index (χ4n) is 0.306. The Morgan fingerprint density at radius 3 is 2.56 bits per heavy atom. The number of aldehydes is 1. The van der Waals surface area contributed by atoms with Gasteiger partial charge in [0.25, 0.3) is 11.0 Å². The number of thiol groups is 1. The summed E-state index contributed by atoms with van der Waals surface area (Å²) in [5, 5.41) is 0. The summed E-state index contributed by atoms with van der Waals surface area (Å²) in [5.41, 5.74) is 0. The van der Waals surface area contributed by atoms with Crippen molar-refractivity contribution in [2.75, 3.05) is 6.61 Å². The molecule has 0 spiro atoms. The van der Waals surface area contributed by atoms with E-state index in [1.165, 1.54) is 0 Å². The first-order chi connectivity index (χ1) is 4.27. The van der Waals surface area contributed by atoms with E-state index in [1.807, 2.05) is 0 Å². The van der Waals surface area contributed by atoms with Gasteiger partial charge in [-0.15, -0.1) is 0 Å². The molecule has 0 unspecified atom stereocenters. The van der Waals surface area contributed by atoms with Crippen LogP contribution in [0.15, 0.2) is 0 Å². The zero-order valence-corrected chi connectivity index (χ0v) is 5.67. The van der Waals surface area contributed by atoms with Gasteiger partial charge < -0.3 is 4.79 Å². The summed E-state index contributed by atoms with van der Waals surface area (Å²) in [4.78, 5) is 9.64. The van der Waals surface area contributed by atoms with Crippen LogP contribution in [0.3, 0.4) is 0 Å². The van der Waals surface area contributed by atoms with Crippen molar-refractivity contribution >= 4 is 17.3 Å². The van der Waals surface area contributed by atoms with E-state index in [4.69, 9.17) is 0 Å². The standard InChI is InChI=1S/C4H8O4S/c5-3-1-2-4-8-9(6)7/h3,9H,1-2,4H2. The lowest BCUT2D eigenvalue weighted by atomic mass is 10.4. The highest BCUT2D eigenvalue weighted by atomic mass is 32.2. The average molecular weight is 152 g/mol. The quantitative estimate of drug-likeness (QED) is 0.328. The van der Waals surface area contributed by atoms with Gasteiger partial charge in [-0.2, -0.15) is 0 Å². The molecule has 54 valence electrons. The highest BCUT2D eigenvalue weighted by molar-refractivity contribution is 7.67. The van der Waals surface area contributed by atoms with Crippen LogP contribution in [0.5, 0.6) is 0 Å². The summed E-state index contributed by atoms with van der Waals surface area (Å²) >= 11 is 0. The third-order valence-corrected chi connectivity index (χ3v) is 1.06. The maximum atomic E-state index is 9.69. The van der Waals surface area contributed by atoms with Crippen LogP contribution in [0.25, 0.3) is 0 Å². The molecular formula is C4H8O4S. The summed E-state index contributed by atoms with van der Waals surface area (Å²) in [6, 6.07) is 0. The molecule has 0 aromatic heterocycles. The van der Waals surface area contributed by atoms with E-state index in [0.29, 0.717) is 12.8 Å². The first-order valence-corrected chi connectivity index (χ1v) is 3.58. The van der Waals surface area contributed by atoms with E-state index < -0.39 is 11.0 Å². The topological polar surface area (TPSA) is 60.4 Å². The van der Waals surface area contributed by atoms with Crippen LogP contribution in [0.1, 0.15) is 12.8 Å². The molecule has 0 heterocycles. The Hall–Kier alpha value is -0.420. The lowest BCUT2D eigenvalue weighted by Gasteiger charge is -1.88. The molecule has 9 heavy (non-hydrogen) atoms. The molecule has 0 aliphatic heterocycles. The van der Waals surface area contributed by atoms with Gasteiger partial charge in [-0.05, 0) is 6.42 Å². The van der Waals surface area contributed by atoms with Crippen LogP contribution in [0.4, 0.5) is 0 Å². The van der Waals surface area contributed by atoms with Crippen molar-refractivity contribution in [1.29, 1.82) is 0 Å². The molecule has 0 aliphatic carbocycles. The maximum Gasteiger partial charge on any atom is 0.257 e. The molecule has 0 atom stereocenters. The highest BCUT2D eigenvalue weighted by Crippen LogP contribution is 1.84.